The first-order valence-corrected chi connectivity index (χ1v) is 13.6. The standard InChI is InChI=1S/C20H14N2O10S3/c23-16-7-5-11-9-12(33(24,25)26)10-18(35(30,31)32)19(11)20(16)22-21-15-6-8-17(34(27,28)29)14-4-2-1-3-13(14)15/h1-10,23H,(H,24,25,26)(H,27,28,29)(H,30,31,32)/p-1. The van der Waals surface area contributed by atoms with E-state index in [1.54, 1.807) is 6.07 Å². The van der Waals surface area contributed by atoms with Crippen LogP contribution in [0.2, 0.25) is 0 Å². The highest BCUT2D eigenvalue weighted by Gasteiger charge is 2.24. The van der Waals surface area contributed by atoms with Crippen LogP contribution in [0.3, 0.4) is 0 Å². The number of azo groups is 1. The van der Waals surface area contributed by atoms with Gasteiger partial charge < -0.3 is 9.66 Å². The van der Waals surface area contributed by atoms with Crippen LogP contribution in [0, 0.1) is 0 Å². The van der Waals surface area contributed by atoms with Crippen LogP contribution < -0.4 is 0 Å². The highest BCUT2D eigenvalue weighted by atomic mass is 32.2. The molecule has 0 saturated heterocycles. The predicted molar refractivity (Wildman–Crippen MR) is 121 cm³/mol. The Morgan fingerprint density at radius 3 is 1.97 bits per heavy atom. The Morgan fingerprint density at radius 1 is 0.714 bits per heavy atom. The second-order valence-electron chi connectivity index (χ2n) is 7.19. The first kappa shape index (κ1) is 24.6. The number of hydrogen-bond donors (Lipinski definition) is 3. The monoisotopic (exact) mass is 537 g/mol. The topological polar surface area (TPSA) is 211 Å². The molecule has 0 aliphatic rings. The molecule has 182 valence electrons. The molecular weight excluding hydrogens is 524 g/mol. The van der Waals surface area contributed by atoms with E-state index in [-0.39, 0.29) is 21.8 Å². The lowest BCUT2D eigenvalue weighted by atomic mass is 10.1. The van der Waals surface area contributed by atoms with Gasteiger partial charge >= 0.3 is 0 Å². The van der Waals surface area contributed by atoms with Crippen LogP contribution in [-0.4, -0.2) is 44.0 Å². The van der Waals surface area contributed by atoms with Crippen molar-refractivity contribution in [3.8, 4) is 5.75 Å². The minimum absolute atomic E-state index is 0.0485. The maximum atomic E-state index is 12.0. The zero-order chi connectivity index (χ0) is 25.8. The molecule has 0 spiro atoms. The van der Waals surface area contributed by atoms with Crippen molar-refractivity contribution in [1.29, 1.82) is 0 Å². The summed E-state index contributed by atoms with van der Waals surface area (Å²) in [6, 6.07) is 11.7. The molecule has 0 heterocycles. The summed E-state index contributed by atoms with van der Waals surface area (Å²) in [6.07, 6.45) is 0. The van der Waals surface area contributed by atoms with Crippen molar-refractivity contribution >= 4 is 63.3 Å². The molecule has 0 aliphatic heterocycles. The molecule has 0 amide bonds. The normalized spacial score (nSPS) is 13.1. The summed E-state index contributed by atoms with van der Waals surface area (Å²) in [5.41, 5.74) is -0.422. The lowest BCUT2D eigenvalue weighted by molar-refractivity contribution is 0.463. The van der Waals surface area contributed by atoms with Gasteiger partial charge in [-0.2, -0.15) is 16.8 Å². The summed E-state index contributed by atoms with van der Waals surface area (Å²) in [5, 5.41) is 17.9. The van der Waals surface area contributed by atoms with Gasteiger partial charge in [0, 0.05) is 16.2 Å². The third-order valence-electron chi connectivity index (χ3n) is 4.97. The van der Waals surface area contributed by atoms with E-state index in [1.165, 1.54) is 24.3 Å². The molecule has 0 unspecified atom stereocenters. The van der Waals surface area contributed by atoms with Gasteiger partial charge in [-0.05, 0) is 35.7 Å². The summed E-state index contributed by atoms with van der Waals surface area (Å²) >= 11 is 0. The molecule has 3 N–H and O–H groups in total. The van der Waals surface area contributed by atoms with Crippen LogP contribution in [0.15, 0.2) is 85.6 Å². The Bertz CT molecular complexity index is 1880. The summed E-state index contributed by atoms with van der Waals surface area (Å²) in [7, 11) is -14.8. The first-order chi connectivity index (χ1) is 16.2. The quantitative estimate of drug-likeness (QED) is 0.249. The van der Waals surface area contributed by atoms with E-state index in [9.17, 15) is 44.0 Å². The Balaban J connectivity index is 2.02. The molecule has 4 aromatic carbocycles. The molecule has 15 heteroatoms. The van der Waals surface area contributed by atoms with Gasteiger partial charge in [0.1, 0.15) is 26.5 Å². The Kier molecular flexibility index (Phi) is 5.87. The predicted octanol–water partition coefficient (Wildman–Crippen LogP) is 3.51. The maximum absolute atomic E-state index is 12.0. The summed E-state index contributed by atoms with van der Waals surface area (Å²) in [4.78, 5) is -2.29. The van der Waals surface area contributed by atoms with E-state index in [4.69, 9.17) is 0 Å². The third-order valence-corrected chi connectivity index (χ3v) is 7.57. The number of phenols is 1. The van der Waals surface area contributed by atoms with Crippen LogP contribution in [0.1, 0.15) is 0 Å². The fourth-order valence-electron chi connectivity index (χ4n) is 3.49. The number of nitrogens with zero attached hydrogens (tertiary/aromatic N) is 2. The molecule has 0 aliphatic carbocycles. The molecule has 4 rings (SSSR count). The molecule has 35 heavy (non-hydrogen) atoms. The molecule has 0 bridgehead atoms. The SMILES string of the molecule is O=S(=O)([O-])c1ccc(N=Nc2c(O)ccc3cc(S(=O)(=O)O)cc(S(=O)(=O)O)c23)c2ccccc12. The van der Waals surface area contributed by atoms with Crippen molar-refractivity contribution in [2.45, 2.75) is 14.7 Å². The molecule has 0 atom stereocenters. The number of hydrogen-bond acceptors (Lipinski definition) is 10. The molecule has 0 fully saturated rings. The van der Waals surface area contributed by atoms with Gasteiger partial charge in [-0.15, -0.1) is 10.2 Å². The van der Waals surface area contributed by atoms with Gasteiger partial charge in [-0.25, -0.2) is 8.42 Å². The average molecular weight is 538 g/mol. The summed E-state index contributed by atoms with van der Waals surface area (Å²) in [5.74, 6) is -0.589. The second kappa shape index (κ2) is 8.33. The number of benzene rings is 4. The van der Waals surface area contributed by atoms with E-state index in [2.05, 4.69) is 10.2 Å². The number of fused-ring (bicyclic) bond motifs is 2. The Labute approximate surface area is 198 Å². The van der Waals surface area contributed by atoms with Crippen molar-refractivity contribution in [3.63, 3.8) is 0 Å². The Hall–Kier alpha value is -3.47. The maximum Gasteiger partial charge on any atom is 0.295 e. The highest BCUT2D eigenvalue weighted by molar-refractivity contribution is 7.87. The van der Waals surface area contributed by atoms with Gasteiger partial charge in [0.15, 0.2) is 0 Å². The fourth-order valence-corrected chi connectivity index (χ4v) is 5.54. The van der Waals surface area contributed by atoms with E-state index < -0.39 is 61.9 Å². The Morgan fingerprint density at radius 2 is 1.37 bits per heavy atom. The first-order valence-electron chi connectivity index (χ1n) is 9.32. The zero-order valence-corrected chi connectivity index (χ0v) is 19.5. The lowest BCUT2D eigenvalue weighted by Gasteiger charge is -2.12. The van der Waals surface area contributed by atoms with Crippen molar-refractivity contribution in [2.24, 2.45) is 10.2 Å². The average Bonchev–Trinajstić information content (AvgIpc) is 2.75. The third kappa shape index (κ3) is 4.72. The molecular formula is C20H13N2O10S3-. The van der Waals surface area contributed by atoms with Crippen LogP contribution in [0.5, 0.6) is 5.75 Å². The highest BCUT2D eigenvalue weighted by Crippen LogP contribution is 2.41. The van der Waals surface area contributed by atoms with E-state index in [0.29, 0.717) is 6.07 Å². The van der Waals surface area contributed by atoms with Crippen molar-refractivity contribution < 1.29 is 44.0 Å². The van der Waals surface area contributed by atoms with Crippen molar-refractivity contribution in [2.75, 3.05) is 0 Å². The molecule has 0 aromatic heterocycles. The smallest absolute Gasteiger partial charge is 0.295 e. The molecule has 0 saturated carbocycles. The minimum atomic E-state index is -5.08. The van der Waals surface area contributed by atoms with Gasteiger partial charge in [-0.1, -0.05) is 30.3 Å². The van der Waals surface area contributed by atoms with E-state index >= 15 is 0 Å². The number of aromatic hydroxyl groups is 1. The number of phenolic OH excluding ortho intramolecular Hbond substituents is 1. The van der Waals surface area contributed by atoms with E-state index in [0.717, 1.165) is 24.3 Å². The molecule has 12 nitrogen and oxygen atoms in total. The summed E-state index contributed by atoms with van der Waals surface area (Å²) in [6.45, 7) is 0. The minimum Gasteiger partial charge on any atom is -0.744 e. The van der Waals surface area contributed by atoms with E-state index in [1.807, 2.05) is 0 Å². The van der Waals surface area contributed by atoms with Crippen molar-refractivity contribution in [3.05, 3.63) is 60.7 Å². The fraction of sp³-hybridized carbons (Fsp3) is 0. The molecule has 4 aromatic rings. The number of rotatable bonds is 5. The van der Waals surface area contributed by atoms with Gasteiger partial charge in [0.2, 0.25) is 0 Å². The van der Waals surface area contributed by atoms with Gasteiger partial charge in [0.05, 0.1) is 15.5 Å². The van der Waals surface area contributed by atoms with Crippen LogP contribution in [0.4, 0.5) is 11.4 Å². The largest absolute Gasteiger partial charge is 0.744 e. The lowest BCUT2D eigenvalue weighted by Crippen LogP contribution is -2.04. The van der Waals surface area contributed by atoms with Gasteiger partial charge in [-0.3, -0.25) is 9.11 Å². The van der Waals surface area contributed by atoms with Crippen LogP contribution in [-0.2, 0) is 30.4 Å². The summed E-state index contributed by atoms with van der Waals surface area (Å²) < 4.78 is 101. The zero-order valence-electron chi connectivity index (χ0n) is 17.1. The van der Waals surface area contributed by atoms with Crippen molar-refractivity contribution in [1.82, 2.24) is 0 Å². The van der Waals surface area contributed by atoms with Crippen LogP contribution in [0.25, 0.3) is 21.5 Å². The second-order valence-corrected chi connectivity index (χ2v) is 11.3. The van der Waals surface area contributed by atoms with Crippen LogP contribution >= 0.6 is 0 Å². The van der Waals surface area contributed by atoms with Gasteiger partial charge in [0.25, 0.3) is 20.2 Å². The molecule has 0 radical (unpaired) electrons.